The van der Waals surface area contributed by atoms with Crippen molar-refractivity contribution >= 4 is 81.2 Å². The molecule has 55 heavy (non-hydrogen) atoms. The van der Waals surface area contributed by atoms with E-state index in [1.54, 1.807) is 0 Å². The third-order valence-electron chi connectivity index (χ3n) is 10.7. The number of nitrogens with zero attached hydrogens (tertiary/aromatic N) is 2. The van der Waals surface area contributed by atoms with Crippen molar-refractivity contribution in [1.29, 1.82) is 0 Å². The van der Waals surface area contributed by atoms with Gasteiger partial charge in [0.25, 0.3) is 0 Å². The van der Waals surface area contributed by atoms with Crippen molar-refractivity contribution in [3.63, 3.8) is 0 Å². The molecule has 0 aliphatic heterocycles. The average molecular weight is 721 g/mol. The maximum atomic E-state index is 6.59. The van der Waals surface area contributed by atoms with E-state index >= 15 is 0 Å². The van der Waals surface area contributed by atoms with Gasteiger partial charge in [-0.1, -0.05) is 127 Å². The molecule has 11 aromatic rings. The first kappa shape index (κ1) is 31.5. The van der Waals surface area contributed by atoms with Crippen molar-refractivity contribution in [2.24, 2.45) is 0 Å². The second-order valence-corrected chi connectivity index (χ2v) is 15.0. The van der Waals surface area contributed by atoms with Crippen LogP contribution in [0.15, 0.2) is 199 Å². The Kier molecular flexibility index (Phi) is 7.35. The largest absolute Gasteiger partial charge is 0.435 e. The first-order valence-corrected chi connectivity index (χ1v) is 19.4. The molecule has 0 saturated heterocycles. The third-order valence-corrected chi connectivity index (χ3v) is 11.8. The van der Waals surface area contributed by atoms with E-state index in [-0.39, 0.29) is 0 Å². The highest BCUT2D eigenvalue weighted by atomic mass is 32.1. The molecular formula is C51H32N2OS. The molecule has 0 atom stereocenters. The molecule has 0 unspecified atom stereocenters. The number of oxazole rings is 1. The summed E-state index contributed by atoms with van der Waals surface area (Å²) in [6, 6.07) is 69.3. The van der Waals surface area contributed by atoms with Gasteiger partial charge in [0.15, 0.2) is 5.58 Å². The number of fused-ring (bicyclic) bond motifs is 8. The lowest BCUT2D eigenvalue weighted by molar-refractivity contribution is 0.623. The van der Waals surface area contributed by atoms with Crippen LogP contribution in [-0.4, -0.2) is 4.98 Å². The number of benzene rings is 9. The molecule has 0 N–H and O–H groups in total. The summed E-state index contributed by atoms with van der Waals surface area (Å²) in [4.78, 5) is 7.29. The van der Waals surface area contributed by atoms with Crippen LogP contribution in [0.25, 0.3) is 86.5 Å². The number of hydrogen-bond donors (Lipinski definition) is 0. The third kappa shape index (κ3) is 5.30. The number of thiophene rings is 1. The topological polar surface area (TPSA) is 29.3 Å². The molecule has 0 radical (unpaired) electrons. The number of aromatic nitrogens is 1. The van der Waals surface area contributed by atoms with Gasteiger partial charge in [0.2, 0.25) is 5.89 Å². The second kappa shape index (κ2) is 12.8. The van der Waals surface area contributed by atoms with E-state index in [0.29, 0.717) is 5.89 Å². The number of anilines is 3. The molecular weight excluding hydrogens is 689 g/mol. The van der Waals surface area contributed by atoms with Crippen molar-refractivity contribution in [2.45, 2.75) is 0 Å². The Labute approximate surface area is 322 Å². The Hall–Kier alpha value is -7.01. The molecule has 0 amide bonds. The molecule has 11 rings (SSSR count). The zero-order valence-corrected chi connectivity index (χ0v) is 30.5. The van der Waals surface area contributed by atoms with Gasteiger partial charge < -0.3 is 9.32 Å². The van der Waals surface area contributed by atoms with E-state index < -0.39 is 0 Å². The van der Waals surface area contributed by atoms with Crippen LogP contribution in [-0.2, 0) is 0 Å². The Morgan fingerprint density at radius 3 is 1.84 bits per heavy atom. The smallest absolute Gasteiger partial charge is 0.227 e. The molecule has 3 nitrogen and oxygen atoms in total. The average Bonchev–Trinajstić information content (AvgIpc) is 3.87. The van der Waals surface area contributed by atoms with E-state index in [0.717, 1.165) is 55.3 Å². The molecule has 0 aliphatic carbocycles. The van der Waals surface area contributed by atoms with Gasteiger partial charge >= 0.3 is 0 Å². The minimum atomic E-state index is 0.629. The highest BCUT2D eigenvalue weighted by Crippen LogP contribution is 2.46. The Balaban J connectivity index is 1.12. The Morgan fingerprint density at radius 1 is 0.418 bits per heavy atom. The number of rotatable bonds is 6. The standard InChI is InChI=1S/C51H32N2OS/c1-4-13-33(14-5-1)40-19-10-11-20-41(40)42-21-12-22-47-49(42)44-32-39(28-30-46(44)55-47)53(37-17-8-3-9-18-37)38-27-25-34-23-24-35-26-29-45-50(48(35)43(34)31-38)54-51(52-45)36-15-6-2-7-16-36/h1-32H. The van der Waals surface area contributed by atoms with Gasteiger partial charge in [-0.3, -0.25) is 0 Å². The summed E-state index contributed by atoms with van der Waals surface area (Å²) in [6.07, 6.45) is 0. The molecule has 258 valence electrons. The van der Waals surface area contributed by atoms with Crippen LogP contribution >= 0.6 is 11.3 Å². The summed E-state index contributed by atoms with van der Waals surface area (Å²) in [6.45, 7) is 0. The summed E-state index contributed by atoms with van der Waals surface area (Å²) < 4.78 is 9.13. The summed E-state index contributed by atoms with van der Waals surface area (Å²) >= 11 is 1.85. The van der Waals surface area contributed by atoms with Crippen LogP contribution in [0.5, 0.6) is 0 Å². The van der Waals surface area contributed by atoms with Crippen LogP contribution in [0.3, 0.4) is 0 Å². The molecule has 0 saturated carbocycles. The van der Waals surface area contributed by atoms with Crippen molar-refractivity contribution in [3.8, 4) is 33.7 Å². The minimum absolute atomic E-state index is 0.629. The summed E-state index contributed by atoms with van der Waals surface area (Å²) in [7, 11) is 0. The SMILES string of the molecule is c1ccc(-c2nc3ccc4ccc5ccc(N(c6ccccc6)c6ccc7sc8cccc(-c9ccccc9-c9ccccc9)c8c7c6)cc5c4c3o2)cc1. The first-order chi connectivity index (χ1) is 27.3. The highest BCUT2D eigenvalue weighted by Gasteiger charge is 2.20. The fourth-order valence-corrected chi connectivity index (χ4v) is 9.26. The van der Waals surface area contributed by atoms with Gasteiger partial charge in [0.05, 0.1) is 0 Å². The van der Waals surface area contributed by atoms with Crippen LogP contribution < -0.4 is 4.90 Å². The van der Waals surface area contributed by atoms with Crippen molar-refractivity contribution < 1.29 is 4.42 Å². The molecule has 0 aliphatic rings. The van der Waals surface area contributed by atoms with Crippen LogP contribution in [0.2, 0.25) is 0 Å². The maximum absolute atomic E-state index is 6.59. The molecule has 4 heteroatoms. The van der Waals surface area contributed by atoms with Crippen molar-refractivity contribution in [2.75, 3.05) is 4.90 Å². The fraction of sp³-hybridized carbons (Fsp3) is 0. The molecule has 9 aromatic carbocycles. The van der Waals surface area contributed by atoms with Gasteiger partial charge in [-0.05, 0) is 105 Å². The predicted octanol–water partition coefficient (Wildman–Crippen LogP) is 15.0. The minimum Gasteiger partial charge on any atom is -0.435 e. The monoisotopic (exact) mass is 720 g/mol. The summed E-state index contributed by atoms with van der Waals surface area (Å²) in [5.41, 5.74) is 10.8. The van der Waals surface area contributed by atoms with Gasteiger partial charge in [-0.2, -0.15) is 0 Å². The van der Waals surface area contributed by atoms with E-state index in [1.165, 1.54) is 42.4 Å². The van der Waals surface area contributed by atoms with E-state index in [4.69, 9.17) is 9.40 Å². The van der Waals surface area contributed by atoms with Crippen LogP contribution in [0.1, 0.15) is 0 Å². The molecule has 0 bridgehead atoms. The lowest BCUT2D eigenvalue weighted by Crippen LogP contribution is -2.09. The van der Waals surface area contributed by atoms with Crippen LogP contribution in [0, 0.1) is 0 Å². The number of hydrogen-bond acceptors (Lipinski definition) is 4. The zero-order chi connectivity index (χ0) is 36.3. The molecule has 2 heterocycles. The molecule has 0 spiro atoms. The van der Waals surface area contributed by atoms with Crippen molar-refractivity contribution in [1.82, 2.24) is 4.98 Å². The van der Waals surface area contributed by atoms with Gasteiger partial charge in [-0.15, -0.1) is 11.3 Å². The maximum Gasteiger partial charge on any atom is 0.227 e. The van der Waals surface area contributed by atoms with Gasteiger partial charge in [0, 0.05) is 48.2 Å². The van der Waals surface area contributed by atoms with Gasteiger partial charge in [-0.25, -0.2) is 4.98 Å². The normalized spacial score (nSPS) is 11.6. The van der Waals surface area contributed by atoms with E-state index in [2.05, 4.69) is 169 Å². The predicted molar refractivity (Wildman–Crippen MR) is 233 cm³/mol. The summed E-state index contributed by atoms with van der Waals surface area (Å²) in [5, 5.41) is 7.00. The van der Waals surface area contributed by atoms with Crippen molar-refractivity contribution in [3.05, 3.63) is 194 Å². The molecule has 0 fully saturated rings. The highest BCUT2D eigenvalue weighted by molar-refractivity contribution is 7.26. The second-order valence-electron chi connectivity index (χ2n) is 13.9. The molecule has 2 aromatic heterocycles. The fourth-order valence-electron chi connectivity index (χ4n) is 8.14. The zero-order valence-electron chi connectivity index (χ0n) is 29.7. The lowest BCUT2D eigenvalue weighted by atomic mass is 9.92. The van der Waals surface area contributed by atoms with Gasteiger partial charge in [0.1, 0.15) is 5.52 Å². The first-order valence-electron chi connectivity index (χ1n) is 18.5. The number of para-hydroxylation sites is 1. The van der Waals surface area contributed by atoms with E-state index in [1.807, 2.05) is 41.7 Å². The van der Waals surface area contributed by atoms with E-state index in [9.17, 15) is 0 Å². The quantitative estimate of drug-likeness (QED) is 0.160. The Morgan fingerprint density at radius 2 is 1.04 bits per heavy atom. The summed E-state index contributed by atoms with van der Waals surface area (Å²) in [5.74, 6) is 0.629. The Bertz CT molecular complexity index is 3200. The van der Waals surface area contributed by atoms with Crippen LogP contribution in [0.4, 0.5) is 17.1 Å². The lowest BCUT2D eigenvalue weighted by Gasteiger charge is -2.26.